The molecule has 0 heterocycles. The van der Waals surface area contributed by atoms with Crippen molar-refractivity contribution >= 4 is 0 Å². The van der Waals surface area contributed by atoms with Crippen LogP contribution >= 0.6 is 0 Å². The van der Waals surface area contributed by atoms with Gasteiger partial charge in [0.1, 0.15) is 0 Å². The van der Waals surface area contributed by atoms with Crippen molar-refractivity contribution in [3.05, 3.63) is 21.0 Å². The summed E-state index contributed by atoms with van der Waals surface area (Å²) in [7, 11) is 0. The van der Waals surface area contributed by atoms with Crippen LogP contribution in [0.1, 0.15) is 26.7 Å². The minimum atomic E-state index is 0.785. The molecule has 0 aromatic carbocycles. The van der Waals surface area contributed by atoms with Crippen molar-refractivity contribution in [1.82, 2.24) is 0 Å². The summed E-state index contributed by atoms with van der Waals surface area (Å²) in [5.41, 5.74) is 1.61. The molecule has 1 unspecified atom stereocenters. The zero-order valence-corrected chi connectivity index (χ0v) is 9.10. The Labute approximate surface area is 78.2 Å². The first-order chi connectivity index (χ1) is 4.75. The Morgan fingerprint density at radius 2 is 2.40 bits per heavy atom. The zero-order valence-electron chi connectivity index (χ0n) is 6.65. The first kappa shape index (κ1) is 8.46. The fourth-order valence-electron chi connectivity index (χ4n) is 1.20. The van der Waals surface area contributed by atoms with E-state index in [9.17, 15) is 0 Å². The first-order valence-corrected chi connectivity index (χ1v) is 5.09. The average Bonchev–Trinajstić information content (AvgIpc) is 2.34. The number of rotatable bonds is 2. The summed E-state index contributed by atoms with van der Waals surface area (Å²) in [5.74, 6) is 0.785. The van der Waals surface area contributed by atoms with Gasteiger partial charge in [0, 0.05) is 0 Å². The van der Waals surface area contributed by atoms with Gasteiger partial charge in [-0.1, -0.05) is 0 Å². The van der Waals surface area contributed by atoms with Crippen molar-refractivity contribution < 1.29 is 24.7 Å². The molecule has 1 rings (SSSR count). The molecule has 1 atom stereocenters. The van der Waals surface area contributed by atoms with E-state index in [1.54, 1.807) is 33.6 Å². The molecule has 0 N–H and O–H groups in total. The van der Waals surface area contributed by atoms with Crippen LogP contribution < -0.4 is 0 Å². The van der Waals surface area contributed by atoms with Crippen LogP contribution in [0.5, 0.6) is 0 Å². The summed E-state index contributed by atoms with van der Waals surface area (Å²) in [6, 6.07) is 0. The van der Waals surface area contributed by atoms with E-state index in [2.05, 4.69) is 26.0 Å². The van der Waals surface area contributed by atoms with E-state index in [4.69, 9.17) is 0 Å². The van der Waals surface area contributed by atoms with E-state index in [-0.39, 0.29) is 0 Å². The summed E-state index contributed by atoms with van der Waals surface area (Å²) < 4.78 is 1.65. The monoisotopic (exact) mass is 211 g/mol. The molecule has 0 amide bonds. The molecule has 1 aliphatic rings. The van der Waals surface area contributed by atoms with E-state index in [1.165, 1.54) is 12.8 Å². The number of hydrogen-bond acceptors (Lipinski definition) is 0. The molecule has 0 spiro atoms. The molecule has 0 saturated carbocycles. The molecule has 0 aliphatic heterocycles. The van der Waals surface area contributed by atoms with Gasteiger partial charge in [0.15, 0.2) is 0 Å². The first-order valence-electron chi connectivity index (χ1n) is 3.87. The minimum absolute atomic E-state index is 0.785. The Morgan fingerprint density at radius 3 is 2.80 bits per heavy atom. The maximum atomic E-state index is 2.31. The fourth-order valence-corrected chi connectivity index (χ4v) is 2.30. The Balaban J connectivity index is 2.70. The van der Waals surface area contributed by atoms with Crippen LogP contribution in [0.15, 0.2) is 21.0 Å². The quantitative estimate of drug-likeness (QED) is 0.660. The second-order valence-electron chi connectivity index (χ2n) is 2.85. The van der Waals surface area contributed by atoms with Gasteiger partial charge in [0.25, 0.3) is 0 Å². The Morgan fingerprint density at radius 1 is 1.70 bits per heavy atom. The van der Waals surface area contributed by atoms with Gasteiger partial charge in [0.05, 0.1) is 0 Å². The standard InChI is InChI=1S/C9H13.Zr/c1-3-8(2)9-6-4-5-7-9;/h4,6,8H,3,5H2,1-2H3;. The van der Waals surface area contributed by atoms with Gasteiger partial charge >= 0.3 is 78.3 Å². The van der Waals surface area contributed by atoms with E-state index < -0.39 is 0 Å². The van der Waals surface area contributed by atoms with Gasteiger partial charge in [-0.3, -0.25) is 0 Å². The zero-order chi connectivity index (χ0) is 7.56. The summed E-state index contributed by atoms with van der Waals surface area (Å²) >= 11 is 1.60. The summed E-state index contributed by atoms with van der Waals surface area (Å²) in [5, 5.41) is 0. The molecule has 0 fully saturated rings. The maximum absolute atomic E-state index is 2.31. The van der Waals surface area contributed by atoms with Gasteiger partial charge in [-0.25, -0.2) is 0 Å². The van der Waals surface area contributed by atoms with E-state index >= 15 is 0 Å². The Bertz CT molecular complexity index is 177. The molecule has 0 saturated heterocycles. The van der Waals surface area contributed by atoms with Crippen molar-refractivity contribution in [2.24, 2.45) is 5.92 Å². The molecule has 0 radical (unpaired) electrons. The van der Waals surface area contributed by atoms with Gasteiger partial charge in [-0.15, -0.1) is 0 Å². The van der Waals surface area contributed by atoms with Crippen LogP contribution in [0.2, 0.25) is 0 Å². The average molecular weight is 212 g/mol. The van der Waals surface area contributed by atoms with Crippen LogP contribution in [0.3, 0.4) is 0 Å². The molecule has 0 aromatic rings. The van der Waals surface area contributed by atoms with Gasteiger partial charge in [-0.2, -0.15) is 0 Å². The molecule has 0 aromatic heterocycles. The van der Waals surface area contributed by atoms with Crippen molar-refractivity contribution in [3.8, 4) is 0 Å². The molecule has 10 heavy (non-hydrogen) atoms. The van der Waals surface area contributed by atoms with Crippen molar-refractivity contribution in [1.29, 1.82) is 0 Å². The van der Waals surface area contributed by atoms with Gasteiger partial charge < -0.3 is 0 Å². The Hall–Kier alpha value is 0.363. The van der Waals surface area contributed by atoms with Crippen LogP contribution in [-0.2, 0) is 24.7 Å². The molecule has 0 bridgehead atoms. The summed E-state index contributed by atoms with van der Waals surface area (Å²) in [4.78, 5) is 0. The van der Waals surface area contributed by atoms with E-state index in [0.717, 1.165) is 5.92 Å². The van der Waals surface area contributed by atoms with E-state index in [0.29, 0.717) is 0 Å². The summed E-state index contributed by atoms with van der Waals surface area (Å²) in [6.07, 6.45) is 7.08. The predicted molar refractivity (Wildman–Crippen MR) is 40.2 cm³/mol. The molecule has 1 heteroatoms. The van der Waals surface area contributed by atoms with Gasteiger partial charge in [-0.05, 0) is 0 Å². The number of allylic oxidation sites excluding steroid dienone is 4. The third-order valence-corrected chi connectivity index (χ3v) is 3.32. The van der Waals surface area contributed by atoms with Crippen LogP contribution in [0, 0.1) is 5.92 Å². The third kappa shape index (κ3) is 1.69. The second kappa shape index (κ2) is 3.67. The second-order valence-corrected chi connectivity index (χ2v) is 4.33. The predicted octanol–water partition coefficient (Wildman–Crippen LogP) is 2.79. The molecular weight excluding hydrogens is 199 g/mol. The normalized spacial score (nSPS) is 20.1. The molecule has 1 aliphatic carbocycles. The fraction of sp³-hybridized carbons (Fsp3) is 0.556. The van der Waals surface area contributed by atoms with Crippen molar-refractivity contribution in [2.75, 3.05) is 0 Å². The summed E-state index contributed by atoms with van der Waals surface area (Å²) in [6.45, 7) is 4.57. The van der Waals surface area contributed by atoms with E-state index in [1.807, 2.05) is 0 Å². The molecular formula is C9H13Zr. The topological polar surface area (TPSA) is 0 Å². The molecule has 0 nitrogen and oxygen atoms in total. The van der Waals surface area contributed by atoms with Crippen molar-refractivity contribution in [2.45, 2.75) is 26.7 Å². The van der Waals surface area contributed by atoms with Crippen molar-refractivity contribution in [3.63, 3.8) is 0 Å². The van der Waals surface area contributed by atoms with Crippen LogP contribution in [0.25, 0.3) is 0 Å². The number of hydrogen-bond donors (Lipinski definition) is 0. The third-order valence-electron chi connectivity index (χ3n) is 2.11. The molecule has 53 valence electrons. The SMILES string of the molecule is CCC(C)C1=[C]([Zr])CC=C1. The van der Waals surface area contributed by atoms with Gasteiger partial charge in [0.2, 0.25) is 0 Å². The van der Waals surface area contributed by atoms with Crippen LogP contribution in [-0.4, -0.2) is 0 Å². The van der Waals surface area contributed by atoms with Crippen LogP contribution in [0.4, 0.5) is 0 Å². The Kier molecular flexibility index (Phi) is 3.10.